The molecular formula is C8H19O5P. The standard InChI is InChI=1S/C8H19O5P/c1-6-8(12-7(2)3)13-14(9,10-4)11-5/h7-8H,6H2,1-5H3. The molecule has 0 heterocycles. The average molecular weight is 226 g/mol. The van der Waals surface area contributed by atoms with Crippen LogP contribution in [0.15, 0.2) is 0 Å². The van der Waals surface area contributed by atoms with E-state index in [9.17, 15) is 4.57 Å². The van der Waals surface area contributed by atoms with Crippen LogP contribution in [-0.2, 0) is 22.9 Å². The van der Waals surface area contributed by atoms with Gasteiger partial charge in [0.25, 0.3) is 0 Å². The number of rotatable bonds is 7. The fourth-order valence-electron chi connectivity index (χ4n) is 0.804. The fraction of sp³-hybridized carbons (Fsp3) is 1.00. The normalized spacial score (nSPS) is 14.7. The zero-order chi connectivity index (χ0) is 11.2. The van der Waals surface area contributed by atoms with Gasteiger partial charge in [-0.1, -0.05) is 6.92 Å². The second-order valence-electron chi connectivity index (χ2n) is 2.94. The first-order valence-electron chi connectivity index (χ1n) is 4.52. The first-order valence-corrected chi connectivity index (χ1v) is 5.98. The highest BCUT2D eigenvalue weighted by Gasteiger charge is 2.28. The van der Waals surface area contributed by atoms with Gasteiger partial charge in [0, 0.05) is 14.2 Å². The molecule has 0 spiro atoms. The summed E-state index contributed by atoms with van der Waals surface area (Å²) >= 11 is 0. The van der Waals surface area contributed by atoms with Crippen molar-refractivity contribution in [1.29, 1.82) is 0 Å². The third kappa shape index (κ3) is 5.08. The van der Waals surface area contributed by atoms with Crippen molar-refractivity contribution >= 4 is 7.82 Å². The fourth-order valence-corrected chi connectivity index (χ4v) is 1.61. The lowest BCUT2D eigenvalue weighted by molar-refractivity contribution is -0.121. The summed E-state index contributed by atoms with van der Waals surface area (Å²) in [4.78, 5) is 0. The van der Waals surface area contributed by atoms with Crippen LogP contribution in [0.3, 0.4) is 0 Å². The Morgan fingerprint density at radius 2 is 1.71 bits per heavy atom. The Morgan fingerprint density at radius 1 is 1.21 bits per heavy atom. The molecule has 0 aliphatic heterocycles. The molecule has 0 aliphatic carbocycles. The number of hydrogen-bond donors (Lipinski definition) is 0. The van der Waals surface area contributed by atoms with E-state index in [1.54, 1.807) is 0 Å². The summed E-state index contributed by atoms with van der Waals surface area (Å²) in [5, 5.41) is 0. The molecule has 0 aromatic heterocycles. The van der Waals surface area contributed by atoms with Crippen LogP contribution in [0.2, 0.25) is 0 Å². The summed E-state index contributed by atoms with van der Waals surface area (Å²) in [7, 11) is -0.895. The molecular weight excluding hydrogens is 207 g/mol. The molecule has 6 heteroatoms. The van der Waals surface area contributed by atoms with E-state index >= 15 is 0 Å². The minimum Gasteiger partial charge on any atom is -0.349 e. The van der Waals surface area contributed by atoms with Crippen molar-refractivity contribution in [2.75, 3.05) is 14.2 Å². The van der Waals surface area contributed by atoms with Crippen molar-refractivity contribution in [2.45, 2.75) is 39.6 Å². The lowest BCUT2D eigenvalue weighted by Crippen LogP contribution is -2.20. The predicted octanol–water partition coefficient (Wildman–Crippen LogP) is 2.57. The topological polar surface area (TPSA) is 54.0 Å². The zero-order valence-corrected chi connectivity index (χ0v) is 10.2. The maximum absolute atomic E-state index is 11.6. The third-order valence-corrected chi connectivity index (χ3v) is 2.84. The van der Waals surface area contributed by atoms with Gasteiger partial charge in [-0.25, -0.2) is 4.57 Å². The van der Waals surface area contributed by atoms with Gasteiger partial charge in [-0.05, 0) is 20.3 Å². The van der Waals surface area contributed by atoms with Gasteiger partial charge in [-0.3, -0.25) is 13.6 Å². The molecule has 5 nitrogen and oxygen atoms in total. The molecule has 0 amide bonds. The Hall–Kier alpha value is 0.0700. The van der Waals surface area contributed by atoms with E-state index in [0.29, 0.717) is 6.42 Å². The van der Waals surface area contributed by atoms with Crippen LogP contribution < -0.4 is 0 Å². The van der Waals surface area contributed by atoms with E-state index in [4.69, 9.17) is 9.26 Å². The number of hydrogen-bond acceptors (Lipinski definition) is 5. The SMILES string of the molecule is CCC(OC(C)C)OP(=O)(OC)OC. The van der Waals surface area contributed by atoms with Gasteiger partial charge in [0.15, 0.2) is 6.29 Å². The van der Waals surface area contributed by atoms with Crippen LogP contribution in [0.1, 0.15) is 27.2 Å². The lowest BCUT2D eigenvalue weighted by Gasteiger charge is -2.22. The van der Waals surface area contributed by atoms with Crippen LogP contribution >= 0.6 is 7.82 Å². The van der Waals surface area contributed by atoms with Crippen LogP contribution in [0.25, 0.3) is 0 Å². The average Bonchev–Trinajstić information content (AvgIpc) is 2.16. The number of ether oxygens (including phenoxy) is 1. The number of phosphoric acid groups is 1. The summed E-state index contributed by atoms with van der Waals surface area (Å²) in [6.07, 6.45) is 0.0115. The van der Waals surface area contributed by atoms with Gasteiger partial charge in [-0.2, -0.15) is 0 Å². The molecule has 0 saturated carbocycles. The van der Waals surface area contributed by atoms with Gasteiger partial charge in [0.1, 0.15) is 0 Å². The van der Waals surface area contributed by atoms with Gasteiger partial charge in [0.2, 0.25) is 0 Å². The molecule has 0 aliphatic rings. The minimum absolute atomic E-state index is 0.00196. The summed E-state index contributed by atoms with van der Waals surface area (Å²) < 4.78 is 31.2. The quantitative estimate of drug-likeness (QED) is 0.493. The lowest BCUT2D eigenvalue weighted by atomic mass is 10.4. The Labute approximate surface area is 85.3 Å². The molecule has 0 saturated heterocycles. The first kappa shape index (κ1) is 14.1. The van der Waals surface area contributed by atoms with E-state index in [1.165, 1.54) is 14.2 Å². The summed E-state index contributed by atoms with van der Waals surface area (Å²) in [5.74, 6) is 0. The van der Waals surface area contributed by atoms with Crippen molar-refractivity contribution in [3.05, 3.63) is 0 Å². The van der Waals surface area contributed by atoms with E-state index < -0.39 is 14.1 Å². The van der Waals surface area contributed by atoms with E-state index in [1.807, 2.05) is 20.8 Å². The van der Waals surface area contributed by atoms with Crippen LogP contribution in [0.4, 0.5) is 0 Å². The molecule has 0 N–H and O–H groups in total. The minimum atomic E-state index is -3.44. The largest absolute Gasteiger partial charge is 0.476 e. The Morgan fingerprint density at radius 3 is 2.00 bits per heavy atom. The molecule has 0 aromatic rings. The monoisotopic (exact) mass is 226 g/mol. The highest BCUT2D eigenvalue weighted by atomic mass is 31.2. The highest BCUT2D eigenvalue weighted by Crippen LogP contribution is 2.49. The predicted molar refractivity (Wildman–Crippen MR) is 53.0 cm³/mol. The molecule has 0 radical (unpaired) electrons. The summed E-state index contributed by atoms with van der Waals surface area (Å²) in [6, 6.07) is 0. The maximum atomic E-state index is 11.6. The Bertz CT molecular complexity index is 186. The second kappa shape index (κ2) is 6.53. The van der Waals surface area contributed by atoms with Crippen LogP contribution in [0, 0.1) is 0 Å². The molecule has 14 heavy (non-hydrogen) atoms. The van der Waals surface area contributed by atoms with Crippen molar-refractivity contribution in [2.24, 2.45) is 0 Å². The number of phosphoric ester groups is 1. The first-order chi connectivity index (χ1) is 6.47. The molecule has 0 fully saturated rings. The molecule has 0 rings (SSSR count). The Balaban J connectivity index is 4.22. The maximum Gasteiger partial charge on any atom is 0.476 e. The zero-order valence-electron chi connectivity index (χ0n) is 9.35. The highest BCUT2D eigenvalue weighted by molar-refractivity contribution is 7.48. The summed E-state index contributed by atoms with van der Waals surface area (Å²) in [5.41, 5.74) is 0. The van der Waals surface area contributed by atoms with E-state index in [-0.39, 0.29) is 6.10 Å². The molecule has 0 bridgehead atoms. The summed E-state index contributed by atoms with van der Waals surface area (Å²) in [6.45, 7) is 5.61. The van der Waals surface area contributed by atoms with Crippen molar-refractivity contribution < 1.29 is 22.9 Å². The van der Waals surface area contributed by atoms with Gasteiger partial charge < -0.3 is 4.74 Å². The molecule has 0 aromatic carbocycles. The van der Waals surface area contributed by atoms with Crippen molar-refractivity contribution in [3.8, 4) is 0 Å². The second-order valence-corrected chi connectivity index (χ2v) is 4.78. The smallest absolute Gasteiger partial charge is 0.349 e. The van der Waals surface area contributed by atoms with Crippen LogP contribution in [-0.4, -0.2) is 26.6 Å². The van der Waals surface area contributed by atoms with E-state index in [0.717, 1.165) is 0 Å². The molecule has 86 valence electrons. The van der Waals surface area contributed by atoms with E-state index in [2.05, 4.69) is 9.05 Å². The van der Waals surface area contributed by atoms with Gasteiger partial charge in [-0.15, -0.1) is 0 Å². The van der Waals surface area contributed by atoms with Crippen molar-refractivity contribution in [1.82, 2.24) is 0 Å². The van der Waals surface area contributed by atoms with Gasteiger partial charge in [0.05, 0.1) is 6.10 Å². The van der Waals surface area contributed by atoms with Gasteiger partial charge >= 0.3 is 7.82 Å². The molecule has 1 unspecified atom stereocenters. The van der Waals surface area contributed by atoms with Crippen LogP contribution in [0.5, 0.6) is 0 Å². The Kier molecular flexibility index (Phi) is 6.57. The van der Waals surface area contributed by atoms with Crippen molar-refractivity contribution in [3.63, 3.8) is 0 Å². The third-order valence-electron chi connectivity index (χ3n) is 1.45. The molecule has 1 atom stereocenters.